The molecule has 1 aromatic carbocycles. The van der Waals surface area contributed by atoms with Crippen LogP contribution < -0.4 is 10.9 Å². The van der Waals surface area contributed by atoms with Gasteiger partial charge in [-0.1, -0.05) is 19.9 Å². The maximum absolute atomic E-state index is 13.0. The van der Waals surface area contributed by atoms with Gasteiger partial charge >= 0.3 is 5.97 Å². The Kier molecular flexibility index (Phi) is 9.13. The van der Waals surface area contributed by atoms with Crippen molar-refractivity contribution in [2.45, 2.75) is 65.3 Å². The van der Waals surface area contributed by atoms with Gasteiger partial charge in [0.2, 0.25) is 0 Å². The number of imidazole rings is 1. The van der Waals surface area contributed by atoms with Crippen LogP contribution in [0.25, 0.3) is 22.4 Å². The lowest BCUT2D eigenvalue weighted by atomic mass is 10.0. The van der Waals surface area contributed by atoms with Crippen molar-refractivity contribution >= 4 is 17.0 Å². The summed E-state index contributed by atoms with van der Waals surface area (Å²) in [6.45, 7) is 8.96. The van der Waals surface area contributed by atoms with Gasteiger partial charge in [-0.25, -0.2) is 4.98 Å². The zero-order chi connectivity index (χ0) is 26.4. The number of hydrogen-bond acceptors (Lipinski definition) is 7. The Balaban J connectivity index is 1.54. The number of H-pyrrole nitrogens is 1. The fraction of sp³-hybridized carbons (Fsp3) is 0.536. The van der Waals surface area contributed by atoms with E-state index in [1.165, 1.54) is 0 Å². The molecule has 37 heavy (non-hydrogen) atoms. The van der Waals surface area contributed by atoms with E-state index in [0.717, 1.165) is 40.8 Å². The Hall–Kier alpha value is -3.01. The number of nitrogens with one attached hydrogen (secondary N) is 2. The van der Waals surface area contributed by atoms with Gasteiger partial charge in [0.05, 0.1) is 30.9 Å². The second kappa shape index (κ2) is 12.5. The Labute approximate surface area is 217 Å². The number of carbonyl (C=O) groups excluding carboxylic acids is 1. The summed E-state index contributed by atoms with van der Waals surface area (Å²) >= 11 is 0. The van der Waals surface area contributed by atoms with Crippen molar-refractivity contribution in [3.8, 4) is 11.4 Å². The molecule has 0 saturated carbocycles. The third-order valence-corrected chi connectivity index (χ3v) is 6.67. The van der Waals surface area contributed by atoms with E-state index in [0.29, 0.717) is 50.8 Å². The second-order valence-electron chi connectivity index (χ2n) is 10.1. The van der Waals surface area contributed by atoms with Gasteiger partial charge in [0, 0.05) is 50.4 Å². The number of fused-ring (bicyclic) bond motifs is 1. The van der Waals surface area contributed by atoms with E-state index in [4.69, 9.17) is 19.2 Å². The Bertz CT molecular complexity index is 1260. The molecule has 0 spiro atoms. The number of ether oxygens (including phenoxy) is 3. The van der Waals surface area contributed by atoms with Gasteiger partial charge in [-0.2, -0.15) is 0 Å². The Morgan fingerprint density at radius 3 is 2.76 bits per heavy atom. The molecule has 9 nitrogen and oxygen atoms in total. The molecular formula is C28H38N4O5. The average Bonchev–Trinajstić information content (AvgIpc) is 3.24. The average molecular weight is 511 g/mol. The number of rotatable bonds is 11. The van der Waals surface area contributed by atoms with Crippen molar-refractivity contribution in [1.82, 2.24) is 19.9 Å². The minimum Gasteiger partial charge on any atom is -0.461 e. The molecule has 0 aliphatic carbocycles. The molecule has 9 heteroatoms. The highest BCUT2D eigenvalue weighted by Crippen LogP contribution is 2.26. The highest BCUT2D eigenvalue weighted by atomic mass is 16.6. The molecule has 1 aliphatic rings. The third-order valence-electron chi connectivity index (χ3n) is 6.67. The maximum Gasteiger partial charge on any atom is 0.323 e. The first kappa shape index (κ1) is 27.0. The summed E-state index contributed by atoms with van der Waals surface area (Å²) in [4.78, 5) is 32.5. The number of aromatic amines is 1. The van der Waals surface area contributed by atoms with E-state index in [1.54, 1.807) is 20.2 Å². The molecule has 3 heterocycles. The molecule has 2 N–H and O–H groups in total. The first-order valence-corrected chi connectivity index (χ1v) is 13.0. The molecule has 3 aromatic rings. The van der Waals surface area contributed by atoms with Crippen LogP contribution in [0.3, 0.4) is 0 Å². The Morgan fingerprint density at radius 1 is 1.27 bits per heavy atom. The van der Waals surface area contributed by atoms with Crippen LogP contribution in [0.15, 0.2) is 35.3 Å². The van der Waals surface area contributed by atoms with Crippen molar-refractivity contribution < 1.29 is 19.0 Å². The number of methoxy groups -OCH3 is 1. The largest absolute Gasteiger partial charge is 0.461 e. The highest BCUT2D eigenvalue weighted by molar-refractivity contribution is 5.81. The van der Waals surface area contributed by atoms with Crippen molar-refractivity contribution in [2.24, 2.45) is 5.92 Å². The third kappa shape index (κ3) is 6.85. The topological polar surface area (TPSA) is 107 Å². The number of carbonyl (C=O) groups is 1. The molecule has 2 aromatic heterocycles. The maximum atomic E-state index is 13.0. The van der Waals surface area contributed by atoms with Crippen LogP contribution in [0.2, 0.25) is 0 Å². The van der Waals surface area contributed by atoms with Crippen LogP contribution in [-0.4, -0.2) is 59.6 Å². The highest BCUT2D eigenvalue weighted by Gasteiger charge is 2.25. The molecule has 4 rings (SSSR count). The predicted molar refractivity (Wildman–Crippen MR) is 142 cm³/mol. The van der Waals surface area contributed by atoms with Gasteiger partial charge in [-0.05, 0) is 43.0 Å². The molecule has 1 fully saturated rings. The summed E-state index contributed by atoms with van der Waals surface area (Å²) in [6.07, 6.45) is 3.83. The van der Waals surface area contributed by atoms with Crippen LogP contribution in [0.5, 0.6) is 0 Å². The number of hydrogen-bond donors (Lipinski definition) is 2. The van der Waals surface area contributed by atoms with Crippen molar-refractivity contribution in [2.75, 3.05) is 26.9 Å². The standard InChI is InChI=1S/C28H38N4O5/c1-18(2)13-24(28(34)37-22-7-10-36-11-8-22)29-16-20-5-6-25-23(15-20)31-26(32(25)9-12-35-4)21-14-19(3)27(33)30-17-21/h5-6,14-15,17-18,22,24,29H,7-13,16H2,1-4H3,(H,30,33)/t24-/m0/s1. The summed E-state index contributed by atoms with van der Waals surface area (Å²) in [5, 5.41) is 3.42. The number of pyridine rings is 1. The first-order valence-electron chi connectivity index (χ1n) is 13.0. The molecule has 1 atom stereocenters. The number of benzene rings is 1. The molecule has 0 amide bonds. The van der Waals surface area contributed by atoms with Crippen molar-refractivity contribution in [3.63, 3.8) is 0 Å². The van der Waals surface area contributed by atoms with E-state index in [9.17, 15) is 9.59 Å². The molecule has 1 aliphatic heterocycles. The lowest BCUT2D eigenvalue weighted by molar-refractivity contribution is -0.156. The second-order valence-corrected chi connectivity index (χ2v) is 10.1. The van der Waals surface area contributed by atoms with E-state index < -0.39 is 0 Å². The minimum absolute atomic E-state index is 0.0693. The summed E-state index contributed by atoms with van der Waals surface area (Å²) in [7, 11) is 1.67. The molecule has 0 bridgehead atoms. The van der Waals surface area contributed by atoms with Gasteiger partial charge in [0.15, 0.2) is 0 Å². The number of esters is 1. The van der Waals surface area contributed by atoms with Crippen LogP contribution in [0.1, 0.15) is 44.2 Å². The monoisotopic (exact) mass is 510 g/mol. The molecule has 0 unspecified atom stereocenters. The normalized spacial score (nSPS) is 15.4. The fourth-order valence-corrected chi connectivity index (χ4v) is 4.66. The summed E-state index contributed by atoms with van der Waals surface area (Å²) in [5.41, 5.74) is 4.23. The fourth-order valence-electron chi connectivity index (χ4n) is 4.66. The van der Waals surface area contributed by atoms with Gasteiger partial charge in [-0.15, -0.1) is 0 Å². The quantitative estimate of drug-likeness (QED) is 0.380. The summed E-state index contributed by atoms with van der Waals surface area (Å²) in [5.74, 6) is 0.928. The Morgan fingerprint density at radius 2 is 2.05 bits per heavy atom. The van der Waals surface area contributed by atoms with Gasteiger partial charge in [0.1, 0.15) is 18.0 Å². The summed E-state index contributed by atoms with van der Waals surface area (Å²) < 4.78 is 18.6. The van der Waals surface area contributed by atoms with Crippen molar-refractivity contribution in [3.05, 3.63) is 51.9 Å². The predicted octanol–water partition coefficient (Wildman–Crippen LogP) is 3.57. The zero-order valence-electron chi connectivity index (χ0n) is 22.2. The number of aromatic nitrogens is 3. The SMILES string of the molecule is COCCn1c(-c2c[nH]c(=O)c(C)c2)nc2cc(CN[C@@H](CC(C)C)C(=O)OC3CCOCC3)ccc21. The number of nitrogens with zero attached hydrogens (tertiary/aromatic N) is 2. The van der Waals surface area contributed by atoms with Gasteiger partial charge < -0.3 is 29.1 Å². The van der Waals surface area contributed by atoms with Crippen LogP contribution >= 0.6 is 0 Å². The van der Waals surface area contributed by atoms with Gasteiger partial charge in [-0.3, -0.25) is 9.59 Å². The smallest absolute Gasteiger partial charge is 0.323 e. The van der Waals surface area contributed by atoms with Crippen LogP contribution in [0.4, 0.5) is 0 Å². The zero-order valence-corrected chi connectivity index (χ0v) is 22.2. The molecule has 1 saturated heterocycles. The minimum atomic E-state index is -0.377. The lowest BCUT2D eigenvalue weighted by Crippen LogP contribution is -2.41. The molecular weight excluding hydrogens is 472 g/mol. The number of aryl methyl sites for hydroxylation is 1. The van der Waals surface area contributed by atoms with Gasteiger partial charge in [0.25, 0.3) is 5.56 Å². The van der Waals surface area contributed by atoms with E-state index in [1.807, 2.05) is 12.1 Å². The van der Waals surface area contributed by atoms with E-state index >= 15 is 0 Å². The van der Waals surface area contributed by atoms with Crippen LogP contribution in [-0.2, 0) is 32.1 Å². The molecule has 200 valence electrons. The van der Waals surface area contributed by atoms with E-state index in [2.05, 4.69) is 40.8 Å². The van der Waals surface area contributed by atoms with Crippen LogP contribution in [0, 0.1) is 12.8 Å². The van der Waals surface area contributed by atoms with E-state index in [-0.39, 0.29) is 23.7 Å². The molecule has 0 radical (unpaired) electrons. The first-order chi connectivity index (χ1) is 17.9. The lowest BCUT2D eigenvalue weighted by Gasteiger charge is -2.26. The van der Waals surface area contributed by atoms with Crippen molar-refractivity contribution in [1.29, 1.82) is 0 Å². The summed E-state index contributed by atoms with van der Waals surface area (Å²) in [6, 6.07) is 7.63.